The molecule has 2 aromatic carbocycles. The standard InChI is InChI=1S/C20H27N3O/c1-15(2)23(3)14-18-7-5-4-6-17(18)13-22-20(24)12-16-8-10-19(21)11-9-16/h4-11,15H,12-14,21H2,1-3H3,(H,22,24). The quantitative estimate of drug-likeness (QED) is 0.770. The van der Waals surface area contributed by atoms with E-state index in [1.807, 2.05) is 36.4 Å². The molecule has 0 aliphatic heterocycles. The molecule has 0 bridgehead atoms. The molecule has 0 aliphatic rings. The van der Waals surface area contributed by atoms with E-state index in [-0.39, 0.29) is 5.91 Å². The largest absolute Gasteiger partial charge is 0.399 e. The van der Waals surface area contributed by atoms with Gasteiger partial charge in [-0.25, -0.2) is 0 Å². The van der Waals surface area contributed by atoms with Gasteiger partial charge in [0.05, 0.1) is 6.42 Å². The minimum absolute atomic E-state index is 0.0202. The molecule has 0 aromatic heterocycles. The molecule has 0 fully saturated rings. The second-order valence-corrected chi connectivity index (χ2v) is 6.47. The number of hydrogen-bond acceptors (Lipinski definition) is 3. The van der Waals surface area contributed by atoms with Gasteiger partial charge in [0.1, 0.15) is 0 Å². The van der Waals surface area contributed by atoms with E-state index in [1.165, 1.54) is 5.56 Å². The maximum Gasteiger partial charge on any atom is 0.224 e. The number of rotatable bonds is 7. The number of nitrogens with two attached hydrogens (primary N) is 1. The van der Waals surface area contributed by atoms with Crippen molar-refractivity contribution < 1.29 is 4.79 Å². The van der Waals surface area contributed by atoms with Crippen LogP contribution in [0.5, 0.6) is 0 Å². The highest BCUT2D eigenvalue weighted by molar-refractivity contribution is 5.78. The molecule has 1 amide bonds. The lowest BCUT2D eigenvalue weighted by Gasteiger charge is -2.22. The second-order valence-electron chi connectivity index (χ2n) is 6.47. The zero-order valence-electron chi connectivity index (χ0n) is 14.8. The van der Waals surface area contributed by atoms with Crippen molar-refractivity contribution in [3.05, 3.63) is 65.2 Å². The Morgan fingerprint density at radius 3 is 2.33 bits per heavy atom. The SMILES string of the molecule is CC(C)N(C)Cc1ccccc1CNC(=O)Cc1ccc(N)cc1. The van der Waals surface area contributed by atoms with Crippen LogP contribution in [0.4, 0.5) is 5.69 Å². The summed E-state index contributed by atoms with van der Waals surface area (Å²) in [7, 11) is 2.11. The number of anilines is 1. The van der Waals surface area contributed by atoms with Crippen molar-refractivity contribution in [3.8, 4) is 0 Å². The van der Waals surface area contributed by atoms with E-state index in [9.17, 15) is 4.79 Å². The molecule has 0 radical (unpaired) electrons. The molecule has 0 saturated heterocycles. The summed E-state index contributed by atoms with van der Waals surface area (Å²) in [5.74, 6) is 0.0202. The Kier molecular flexibility index (Phi) is 6.38. The Balaban J connectivity index is 1.93. The van der Waals surface area contributed by atoms with Crippen molar-refractivity contribution in [2.24, 2.45) is 0 Å². The van der Waals surface area contributed by atoms with Gasteiger partial charge in [-0.05, 0) is 49.7 Å². The van der Waals surface area contributed by atoms with Crippen molar-refractivity contribution in [3.63, 3.8) is 0 Å². The van der Waals surface area contributed by atoms with Gasteiger partial charge in [-0.2, -0.15) is 0 Å². The van der Waals surface area contributed by atoms with E-state index >= 15 is 0 Å². The third-order valence-corrected chi connectivity index (χ3v) is 4.24. The summed E-state index contributed by atoms with van der Waals surface area (Å²) in [5.41, 5.74) is 9.76. The first kappa shape index (κ1) is 18.0. The fourth-order valence-electron chi connectivity index (χ4n) is 2.41. The van der Waals surface area contributed by atoms with Gasteiger partial charge in [-0.3, -0.25) is 9.69 Å². The Bertz CT molecular complexity index is 665. The van der Waals surface area contributed by atoms with E-state index in [2.05, 4.69) is 43.2 Å². The van der Waals surface area contributed by atoms with Crippen molar-refractivity contribution in [2.75, 3.05) is 12.8 Å². The van der Waals surface area contributed by atoms with Crippen molar-refractivity contribution in [1.29, 1.82) is 0 Å². The summed E-state index contributed by atoms with van der Waals surface area (Å²) in [6, 6.07) is 16.2. The van der Waals surface area contributed by atoms with E-state index in [4.69, 9.17) is 5.73 Å². The van der Waals surface area contributed by atoms with Gasteiger partial charge in [-0.1, -0.05) is 36.4 Å². The highest BCUT2D eigenvalue weighted by Gasteiger charge is 2.09. The maximum absolute atomic E-state index is 12.2. The summed E-state index contributed by atoms with van der Waals surface area (Å²) < 4.78 is 0. The lowest BCUT2D eigenvalue weighted by molar-refractivity contribution is -0.120. The molecule has 2 aromatic rings. The highest BCUT2D eigenvalue weighted by atomic mass is 16.1. The van der Waals surface area contributed by atoms with Crippen LogP contribution in [0.25, 0.3) is 0 Å². The Hall–Kier alpha value is -2.33. The smallest absolute Gasteiger partial charge is 0.224 e. The van der Waals surface area contributed by atoms with E-state index in [0.717, 1.165) is 17.7 Å². The molecule has 4 heteroatoms. The predicted molar refractivity (Wildman–Crippen MR) is 99.5 cm³/mol. The maximum atomic E-state index is 12.2. The van der Waals surface area contributed by atoms with Gasteiger partial charge in [0.15, 0.2) is 0 Å². The van der Waals surface area contributed by atoms with Gasteiger partial charge in [0.2, 0.25) is 5.91 Å². The molecule has 0 atom stereocenters. The number of amides is 1. The zero-order valence-corrected chi connectivity index (χ0v) is 14.8. The minimum Gasteiger partial charge on any atom is -0.399 e. The zero-order chi connectivity index (χ0) is 17.5. The molecule has 4 nitrogen and oxygen atoms in total. The number of hydrogen-bond donors (Lipinski definition) is 2. The van der Waals surface area contributed by atoms with Gasteiger partial charge in [0.25, 0.3) is 0 Å². The average Bonchev–Trinajstić information content (AvgIpc) is 2.56. The predicted octanol–water partition coefficient (Wildman–Crippen LogP) is 2.97. The normalized spacial score (nSPS) is 11.0. The minimum atomic E-state index is 0.0202. The molecule has 2 rings (SSSR count). The summed E-state index contributed by atoms with van der Waals surface area (Å²) in [5, 5.41) is 3.02. The number of nitrogens with one attached hydrogen (secondary N) is 1. The van der Waals surface area contributed by atoms with Crippen LogP contribution in [0.2, 0.25) is 0 Å². The Morgan fingerprint density at radius 2 is 1.71 bits per heavy atom. The number of nitrogen functional groups attached to an aromatic ring is 1. The monoisotopic (exact) mass is 325 g/mol. The molecule has 3 N–H and O–H groups in total. The molecule has 0 aliphatic carbocycles. The fourth-order valence-corrected chi connectivity index (χ4v) is 2.41. The highest BCUT2D eigenvalue weighted by Crippen LogP contribution is 2.13. The summed E-state index contributed by atoms with van der Waals surface area (Å²) in [6.45, 7) is 5.78. The number of benzene rings is 2. The molecule has 0 heterocycles. The Labute approximate surface area is 144 Å². The molecule has 0 saturated carbocycles. The van der Waals surface area contributed by atoms with Crippen LogP contribution < -0.4 is 11.1 Å². The van der Waals surface area contributed by atoms with Crippen LogP contribution in [-0.4, -0.2) is 23.9 Å². The lowest BCUT2D eigenvalue weighted by Crippen LogP contribution is -2.28. The van der Waals surface area contributed by atoms with Gasteiger partial charge in [-0.15, -0.1) is 0 Å². The van der Waals surface area contributed by atoms with Crippen molar-refractivity contribution >= 4 is 11.6 Å². The topological polar surface area (TPSA) is 58.4 Å². The lowest BCUT2D eigenvalue weighted by atomic mass is 10.1. The average molecular weight is 325 g/mol. The first-order chi connectivity index (χ1) is 11.5. The first-order valence-corrected chi connectivity index (χ1v) is 8.34. The van der Waals surface area contributed by atoms with Crippen LogP contribution in [0.1, 0.15) is 30.5 Å². The van der Waals surface area contributed by atoms with E-state index in [0.29, 0.717) is 24.7 Å². The number of carbonyl (C=O) groups is 1. The first-order valence-electron chi connectivity index (χ1n) is 8.34. The van der Waals surface area contributed by atoms with Crippen LogP contribution in [0, 0.1) is 0 Å². The third-order valence-electron chi connectivity index (χ3n) is 4.24. The molecule has 128 valence electrons. The summed E-state index contributed by atoms with van der Waals surface area (Å²) in [4.78, 5) is 14.4. The van der Waals surface area contributed by atoms with Crippen LogP contribution in [0.3, 0.4) is 0 Å². The number of nitrogens with zero attached hydrogens (tertiary/aromatic N) is 1. The van der Waals surface area contributed by atoms with Crippen LogP contribution in [-0.2, 0) is 24.3 Å². The molecule has 24 heavy (non-hydrogen) atoms. The van der Waals surface area contributed by atoms with Crippen LogP contribution >= 0.6 is 0 Å². The molecular weight excluding hydrogens is 298 g/mol. The van der Waals surface area contributed by atoms with E-state index < -0.39 is 0 Å². The second kappa shape index (κ2) is 8.50. The van der Waals surface area contributed by atoms with Crippen molar-refractivity contribution in [1.82, 2.24) is 10.2 Å². The third kappa shape index (κ3) is 5.39. The van der Waals surface area contributed by atoms with Crippen LogP contribution in [0.15, 0.2) is 48.5 Å². The van der Waals surface area contributed by atoms with Crippen molar-refractivity contribution in [2.45, 2.75) is 39.4 Å². The van der Waals surface area contributed by atoms with Gasteiger partial charge < -0.3 is 11.1 Å². The number of carbonyl (C=O) groups excluding carboxylic acids is 1. The Morgan fingerprint density at radius 1 is 1.08 bits per heavy atom. The van der Waals surface area contributed by atoms with E-state index in [1.54, 1.807) is 0 Å². The summed E-state index contributed by atoms with van der Waals surface area (Å²) in [6.07, 6.45) is 0.369. The molecule has 0 unspecified atom stereocenters. The van der Waals surface area contributed by atoms with Gasteiger partial charge in [0, 0.05) is 24.8 Å². The fraction of sp³-hybridized carbons (Fsp3) is 0.350. The molecule has 0 spiro atoms. The molecular formula is C20H27N3O. The van der Waals surface area contributed by atoms with Gasteiger partial charge >= 0.3 is 0 Å². The summed E-state index contributed by atoms with van der Waals surface area (Å²) >= 11 is 0.